The predicted octanol–water partition coefficient (Wildman–Crippen LogP) is 2.62. The van der Waals surface area contributed by atoms with Crippen molar-refractivity contribution in [2.24, 2.45) is 4.99 Å². The third-order valence-corrected chi connectivity index (χ3v) is 4.09. The van der Waals surface area contributed by atoms with Gasteiger partial charge in [-0.1, -0.05) is 12.1 Å². The minimum Gasteiger partial charge on any atom is -0.444 e. The molecule has 162 valence electrons. The van der Waals surface area contributed by atoms with E-state index in [2.05, 4.69) is 20.9 Å². The van der Waals surface area contributed by atoms with E-state index >= 15 is 0 Å². The smallest absolute Gasteiger partial charge is 0.407 e. The van der Waals surface area contributed by atoms with E-state index in [-0.39, 0.29) is 29.9 Å². The highest BCUT2D eigenvalue weighted by Gasteiger charge is 2.21. The molecule has 0 aromatic heterocycles. The van der Waals surface area contributed by atoms with Gasteiger partial charge in [-0.3, -0.25) is 9.79 Å². The van der Waals surface area contributed by atoms with Crippen LogP contribution in [0.25, 0.3) is 0 Å². The molecule has 1 aliphatic heterocycles. The van der Waals surface area contributed by atoms with Crippen LogP contribution in [0.4, 0.5) is 10.5 Å². The van der Waals surface area contributed by atoms with Gasteiger partial charge in [0, 0.05) is 45.3 Å². The monoisotopic (exact) mass is 517 g/mol. The number of hydrogen-bond acceptors (Lipinski definition) is 4. The van der Waals surface area contributed by atoms with Crippen LogP contribution < -0.4 is 20.9 Å². The van der Waals surface area contributed by atoms with E-state index < -0.39 is 11.7 Å². The lowest BCUT2D eigenvalue weighted by molar-refractivity contribution is -0.117. The van der Waals surface area contributed by atoms with Crippen molar-refractivity contribution in [2.75, 3.05) is 31.6 Å². The Labute approximate surface area is 189 Å². The van der Waals surface area contributed by atoms with Gasteiger partial charge in [0.1, 0.15) is 5.60 Å². The summed E-state index contributed by atoms with van der Waals surface area (Å²) in [4.78, 5) is 29.4. The van der Waals surface area contributed by atoms with Crippen molar-refractivity contribution in [3.8, 4) is 0 Å². The van der Waals surface area contributed by atoms with Crippen LogP contribution in [0.15, 0.2) is 29.3 Å². The van der Waals surface area contributed by atoms with Crippen molar-refractivity contribution in [2.45, 2.75) is 45.8 Å². The van der Waals surface area contributed by atoms with E-state index in [1.54, 1.807) is 7.05 Å². The minimum atomic E-state index is -0.507. The van der Waals surface area contributed by atoms with Crippen molar-refractivity contribution in [1.29, 1.82) is 0 Å². The molecule has 1 aromatic carbocycles. The Morgan fingerprint density at radius 2 is 1.79 bits per heavy atom. The fourth-order valence-corrected chi connectivity index (χ4v) is 2.78. The Hall–Kier alpha value is -2.04. The maximum atomic E-state index is 11.8. The van der Waals surface area contributed by atoms with Crippen molar-refractivity contribution >= 4 is 47.6 Å². The SMILES string of the molecule is CN=C(NCCNC(=O)OC(C)(C)C)NCc1ccc(N2CCCC2=O)cc1.I. The molecule has 29 heavy (non-hydrogen) atoms. The van der Waals surface area contributed by atoms with Crippen LogP contribution in [0.2, 0.25) is 0 Å². The Kier molecular flexibility index (Phi) is 10.2. The fraction of sp³-hybridized carbons (Fsp3) is 0.550. The summed E-state index contributed by atoms with van der Waals surface area (Å²) in [5.41, 5.74) is 1.53. The van der Waals surface area contributed by atoms with Crippen LogP contribution in [-0.2, 0) is 16.1 Å². The van der Waals surface area contributed by atoms with Gasteiger partial charge in [0.05, 0.1) is 0 Å². The van der Waals surface area contributed by atoms with Crippen molar-refractivity contribution < 1.29 is 14.3 Å². The number of hydrogen-bond donors (Lipinski definition) is 3. The van der Waals surface area contributed by atoms with Crippen molar-refractivity contribution in [3.63, 3.8) is 0 Å². The molecule has 1 aromatic rings. The molecule has 1 saturated heterocycles. The van der Waals surface area contributed by atoms with Gasteiger partial charge in [-0.25, -0.2) is 4.79 Å². The molecule has 9 heteroatoms. The summed E-state index contributed by atoms with van der Waals surface area (Å²) >= 11 is 0. The molecule has 0 aliphatic carbocycles. The van der Waals surface area contributed by atoms with Crippen LogP contribution in [0.5, 0.6) is 0 Å². The molecule has 3 N–H and O–H groups in total. The molecule has 1 heterocycles. The van der Waals surface area contributed by atoms with Gasteiger partial charge in [0.25, 0.3) is 0 Å². The first-order valence-electron chi connectivity index (χ1n) is 9.59. The summed E-state index contributed by atoms with van der Waals surface area (Å²) in [6, 6.07) is 7.96. The van der Waals surface area contributed by atoms with Gasteiger partial charge in [-0.2, -0.15) is 0 Å². The van der Waals surface area contributed by atoms with Gasteiger partial charge in [-0.05, 0) is 44.9 Å². The van der Waals surface area contributed by atoms with Crippen molar-refractivity contribution in [3.05, 3.63) is 29.8 Å². The maximum Gasteiger partial charge on any atom is 0.407 e. The first kappa shape index (κ1) is 25.0. The van der Waals surface area contributed by atoms with E-state index in [0.717, 1.165) is 24.2 Å². The van der Waals surface area contributed by atoms with E-state index in [4.69, 9.17) is 4.74 Å². The van der Waals surface area contributed by atoms with Gasteiger partial charge >= 0.3 is 6.09 Å². The Balaban J connectivity index is 0.00000420. The fourth-order valence-electron chi connectivity index (χ4n) is 2.78. The number of amides is 2. The zero-order chi connectivity index (χ0) is 20.6. The average Bonchev–Trinajstić information content (AvgIpc) is 3.06. The van der Waals surface area contributed by atoms with Crippen LogP contribution in [0, 0.1) is 0 Å². The Morgan fingerprint density at radius 3 is 2.34 bits per heavy atom. The number of anilines is 1. The molecule has 8 nitrogen and oxygen atoms in total. The normalized spacial score (nSPS) is 14.3. The van der Waals surface area contributed by atoms with Crippen LogP contribution >= 0.6 is 24.0 Å². The zero-order valence-corrected chi connectivity index (χ0v) is 19.9. The molecule has 1 aliphatic rings. The van der Waals surface area contributed by atoms with E-state index in [1.165, 1.54) is 0 Å². The van der Waals surface area contributed by atoms with Gasteiger partial charge in [0.2, 0.25) is 5.91 Å². The molecule has 2 amide bonds. The quantitative estimate of drug-likeness (QED) is 0.234. The number of aliphatic imine (C=N–C) groups is 1. The molecule has 0 saturated carbocycles. The second-order valence-electron chi connectivity index (χ2n) is 7.60. The number of guanidine groups is 1. The number of rotatable bonds is 6. The zero-order valence-electron chi connectivity index (χ0n) is 17.6. The highest BCUT2D eigenvalue weighted by Crippen LogP contribution is 2.21. The molecule has 1 fully saturated rings. The second kappa shape index (κ2) is 11.8. The number of nitrogens with one attached hydrogen (secondary N) is 3. The predicted molar refractivity (Wildman–Crippen MR) is 126 cm³/mol. The van der Waals surface area contributed by atoms with E-state index in [0.29, 0.717) is 32.0 Å². The molecule has 0 atom stereocenters. The summed E-state index contributed by atoms with van der Waals surface area (Å²) in [5.74, 6) is 0.834. The standard InChI is InChI=1S/C20H31N5O3.HI/c1-20(2,3)28-19(27)23-12-11-22-18(21-4)24-14-15-7-9-16(10-8-15)25-13-5-6-17(25)26;/h7-10H,5-6,11-14H2,1-4H3,(H,23,27)(H2,21,22,24);1H. The third-order valence-electron chi connectivity index (χ3n) is 4.09. The Bertz CT molecular complexity index is 701. The van der Waals surface area contributed by atoms with Crippen LogP contribution in [0.3, 0.4) is 0 Å². The molecule has 2 rings (SSSR count). The largest absolute Gasteiger partial charge is 0.444 e. The highest BCUT2D eigenvalue weighted by atomic mass is 127. The molecular formula is C20H32IN5O3. The number of alkyl carbamates (subject to hydrolysis) is 1. The highest BCUT2D eigenvalue weighted by molar-refractivity contribution is 14.0. The first-order valence-corrected chi connectivity index (χ1v) is 9.59. The molecule has 0 radical (unpaired) electrons. The average molecular weight is 517 g/mol. The number of benzene rings is 1. The van der Waals surface area contributed by atoms with E-state index in [9.17, 15) is 9.59 Å². The lowest BCUT2D eigenvalue weighted by Gasteiger charge is -2.20. The van der Waals surface area contributed by atoms with Gasteiger partial charge < -0.3 is 25.6 Å². The molecule has 0 spiro atoms. The van der Waals surface area contributed by atoms with Crippen molar-refractivity contribution in [1.82, 2.24) is 16.0 Å². The minimum absolute atomic E-state index is 0. The lowest BCUT2D eigenvalue weighted by atomic mass is 10.2. The molecular weight excluding hydrogens is 485 g/mol. The number of nitrogens with zero attached hydrogens (tertiary/aromatic N) is 2. The van der Waals surface area contributed by atoms with Crippen LogP contribution in [0.1, 0.15) is 39.2 Å². The second-order valence-corrected chi connectivity index (χ2v) is 7.60. The summed E-state index contributed by atoms with van der Waals surface area (Å²) < 4.78 is 5.18. The van der Waals surface area contributed by atoms with E-state index in [1.807, 2.05) is 49.9 Å². The number of carbonyl (C=O) groups excluding carboxylic acids is 2. The maximum absolute atomic E-state index is 11.8. The number of carbonyl (C=O) groups is 2. The Morgan fingerprint density at radius 1 is 1.14 bits per heavy atom. The number of ether oxygens (including phenoxy) is 1. The topological polar surface area (TPSA) is 95.1 Å². The first-order chi connectivity index (χ1) is 13.3. The lowest BCUT2D eigenvalue weighted by Crippen LogP contribution is -2.42. The summed E-state index contributed by atoms with van der Waals surface area (Å²) in [6.07, 6.45) is 1.12. The summed E-state index contributed by atoms with van der Waals surface area (Å²) in [5, 5.41) is 9.05. The van der Waals surface area contributed by atoms with Gasteiger partial charge in [0.15, 0.2) is 5.96 Å². The van der Waals surface area contributed by atoms with Crippen LogP contribution in [-0.4, -0.2) is 50.2 Å². The summed E-state index contributed by atoms with van der Waals surface area (Å²) in [6.45, 7) is 7.82. The van der Waals surface area contributed by atoms with Gasteiger partial charge in [-0.15, -0.1) is 24.0 Å². The number of halogens is 1. The molecule has 0 bridgehead atoms. The summed E-state index contributed by atoms with van der Waals surface area (Å²) in [7, 11) is 1.69. The molecule has 0 unspecified atom stereocenters. The third kappa shape index (κ3) is 8.88.